The standard InChI is InChI=1S/C17H16N2O3S/c1-3-21-13-7-4-6-12-10-14(22-16(12)13)11(2)18-19-17(20)15-8-5-9-23-15/h4-10H,3H2,1-2H3,(H,19,20)/b18-11-. The lowest BCUT2D eigenvalue weighted by Gasteiger charge is -2.02. The number of nitrogens with zero attached hydrogens (tertiary/aromatic N) is 1. The van der Waals surface area contributed by atoms with Gasteiger partial charge < -0.3 is 9.15 Å². The van der Waals surface area contributed by atoms with E-state index < -0.39 is 0 Å². The molecule has 0 atom stereocenters. The number of carbonyl (C=O) groups excluding carboxylic acids is 1. The first-order valence-corrected chi connectivity index (χ1v) is 8.11. The van der Waals surface area contributed by atoms with Gasteiger partial charge in [-0.2, -0.15) is 5.10 Å². The first-order chi connectivity index (χ1) is 11.2. The summed E-state index contributed by atoms with van der Waals surface area (Å²) < 4.78 is 11.4. The van der Waals surface area contributed by atoms with Crippen LogP contribution in [0.2, 0.25) is 0 Å². The average molecular weight is 328 g/mol. The first kappa shape index (κ1) is 15.3. The smallest absolute Gasteiger partial charge is 0.281 e. The van der Waals surface area contributed by atoms with Crippen molar-refractivity contribution in [3.8, 4) is 5.75 Å². The van der Waals surface area contributed by atoms with Crippen LogP contribution < -0.4 is 10.2 Å². The van der Waals surface area contributed by atoms with E-state index >= 15 is 0 Å². The second kappa shape index (κ2) is 6.66. The molecule has 0 spiro atoms. The number of carbonyl (C=O) groups is 1. The van der Waals surface area contributed by atoms with Crippen LogP contribution in [0.1, 0.15) is 29.3 Å². The molecule has 3 aromatic rings. The normalized spacial score (nSPS) is 11.7. The quantitative estimate of drug-likeness (QED) is 0.568. The van der Waals surface area contributed by atoms with Crippen molar-refractivity contribution in [3.05, 3.63) is 52.4 Å². The SMILES string of the molecule is CCOc1cccc2cc(/C(C)=N\NC(=O)c3cccs3)oc12. The number of hydrogen-bond donors (Lipinski definition) is 1. The number of nitrogens with one attached hydrogen (secondary N) is 1. The van der Waals surface area contributed by atoms with Gasteiger partial charge in [0.1, 0.15) is 5.71 Å². The van der Waals surface area contributed by atoms with Crippen LogP contribution in [0.3, 0.4) is 0 Å². The van der Waals surface area contributed by atoms with Gasteiger partial charge in [0.15, 0.2) is 17.1 Å². The second-order valence-corrected chi connectivity index (χ2v) is 5.78. The highest BCUT2D eigenvalue weighted by Gasteiger charge is 2.12. The summed E-state index contributed by atoms with van der Waals surface area (Å²) in [6.07, 6.45) is 0. The molecule has 0 unspecified atom stereocenters. The van der Waals surface area contributed by atoms with Crippen molar-refractivity contribution in [2.24, 2.45) is 5.10 Å². The van der Waals surface area contributed by atoms with Crippen molar-refractivity contribution < 1.29 is 13.9 Å². The summed E-state index contributed by atoms with van der Waals surface area (Å²) in [5.41, 5.74) is 3.81. The summed E-state index contributed by atoms with van der Waals surface area (Å²) in [6.45, 7) is 4.28. The van der Waals surface area contributed by atoms with Crippen LogP contribution >= 0.6 is 11.3 Å². The number of benzene rings is 1. The molecule has 0 bridgehead atoms. The molecule has 0 aliphatic carbocycles. The van der Waals surface area contributed by atoms with Gasteiger partial charge in [0.05, 0.1) is 11.5 Å². The molecule has 2 aromatic heterocycles. The zero-order valence-corrected chi connectivity index (χ0v) is 13.6. The Balaban J connectivity index is 1.83. The molecule has 23 heavy (non-hydrogen) atoms. The Labute approximate surface area is 137 Å². The Hall–Kier alpha value is -2.60. The number of para-hydroxylation sites is 1. The molecule has 1 N–H and O–H groups in total. The minimum Gasteiger partial charge on any atom is -0.490 e. The van der Waals surface area contributed by atoms with Gasteiger partial charge >= 0.3 is 0 Å². The zero-order valence-electron chi connectivity index (χ0n) is 12.8. The van der Waals surface area contributed by atoms with E-state index in [0.29, 0.717) is 34.3 Å². The van der Waals surface area contributed by atoms with Gasteiger partial charge in [-0.25, -0.2) is 5.43 Å². The van der Waals surface area contributed by atoms with E-state index in [0.717, 1.165) is 5.39 Å². The second-order valence-electron chi connectivity index (χ2n) is 4.83. The fourth-order valence-corrected chi connectivity index (χ4v) is 2.75. The summed E-state index contributed by atoms with van der Waals surface area (Å²) in [7, 11) is 0. The van der Waals surface area contributed by atoms with Crippen LogP contribution in [0.5, 0.6) is 5.75 Å². The average Bonchev–Trinajstić information content (AvgIpc) is 3.22. The third-order valence-electron chi connectivity index (χ3n) is 3.23. The molecular formula is C17H16N2O3S. The van der Waals surface area contributed by atoms with E-state index in [1.54, 1.807) is 13.0 Å². The molecule has 118 valence electrons. The molecule has 1 amide bonds. The summed E-state index contributed by atoms with van der Waals surface area (Å²) in [5, 5.41) is 6.89. The predicted molar refractivity (Wildman–Crippen MR) is 91.4 cm³/mol. The van der Waals surface area contributed by atoms with Gasteiger partial charge in [-0.1, -0.05) is 18.2 Å². The number of hydrogen-bond acceptors (Lipinski definition) is 5. The van der Waals surface area contributed by atoms with Gasteiger partial charge in [-0.15, -0.1) is 11.3 Å². The molecule has 6 heteroatoms. The maximum atomic E-state index is 11.9. The van der Waals surface area contributed by atoms with E-state index in [1.165, 1.54) is 11.3 Å². The van der Waals surface area contributed by atoms with Gasteiger partial charge in [0, 0.05) is 5.39 Å². The Bertz CT molecular complexity index is 850. The van der Waals surface area contributed by atoms with Crippen LogP contribution in [0, 0.1) is 0 Å². The maximum Gasteiger partial charge on any atom is 0.281 e. The van der Waals surface area contributed by atoms with Gasteiger partial charge in [0.2, 0.25) is 0 Å². The van der Waals surface area contributed by atoms with E-state index in [4.69, 9.17) is 9.15 Å². The highest BCUT2D eigenvalue weighted by molar-refractivity contribution is 7.12. The molecular weight excluding hydrogens is 312 g/mol. The Kier molecular flexibility index (Phi) is 4.43. The van der Waals surface area contributed by atoms with E-state index in [9.17, 15) is 4.79 Å². The zero-order chi connectivity index (χ0) is 16.2. The molecule has 1 aromatic carbocycles. The van der Waals surface area contributed by atoms with Crippen molar-refractivity contribution in [1.29, 1.82) is 0 Å². The van der Waals surface area contributed by atoms with E-state index in [1.807, 2.05) is 42.6 Å². The van der Waals surface area contributed by atoms with Gasteiger partial charge in [-0.05, 0) is 37.4 Å². The first-order valence-electron chi connectivity index (χ1n) is 7.23. The van der Waals surface area contributed by atoms with Crippen molar-refractivity contribution in [2.45, 2.75) is 13.8 Å². The highest BCUT2D eigenvalue weighted by atomic mass is 32.1. The molecule has 0 aliphatic heterocycles. The number of fused-ring (bicyclic) bond motifs is 1. The number of hydrazone groups is 1. The summed E-state index contributed by atoms with van der Waals surface area (Å²) in [5.74, 6) is 1.07. The Morgan fingerprint density at radius 3 is 2.96 bits per heavy atom. The summed E-state index contributed by atoms with van der Waals surface area (Å²) >= 11 is 1.37. The number of ether oxygens (including phenoxy) is 1. The largest absolute Gasteiger partial charge is 0.490 e. The molecule has 3 rings (SSSR count). The van der Waals surface area contributed by atoms with Gasteiger partial charge in [-0.3, -0.25) is 4.79 Å². The number of rotatable bonds is 5. The molecule has 0 fully saturated rings. The molecule has 2 heterocycles. The maximum absolute atomic E-state index is 11.9. The van der Waals surface area contributed by atoms with Crippen LogP contribution in [0.25, 0.3) is 11.0 Å². The highest BCUT2D eigenvalue weighted by Crippen LogP contribution is 2.29. The molecule has 5 nitrogen and oxygen atoms in total. The van der Waals surface area contributed by atoms with Crippen LogP contribution in [-0.2, 0) is 0 Å². The molecule has 0 radical (unpaired) electrons. The monoisotopic (exact) mass is 328 g/mol. The van der Waals surface area contributed by atoms with Crippen molar-refractivity contribution in [2.75, 3.05) is 6.61 Å². The van der Waals surface area contributed by atoms with Crippen LogP contribution in [0.4, 0.5) is 0 Å². The summed E-state index contributed by atoms with van der Waals surface area (Å²) in [4.78, 5) is 12.5. The third kappa shape index (κ3) is 3.27. The number of furan rings is 1. The number of amides is 1. The van der Waals surface area contributed by atoms with Crippen molar-refractivity contribution in [3.63, 3.8) is 0 Å². The van der Waals surface area contributed by atoms with Crippen LogP contribution in [0.15, 0.2) is 51.3 Å². The third-order valence-corrected chi connectivity index (χ3v) is 4.10. The minimum absolute atomic E-state index is 0.231. The van der Waals surface area contributed by atoms with Gasteiger partial charge in [0.25, 0.3) is 5.91 Å². The van der Waals surface area contributed by atoms with E-state index in [2.05, 4.69) is 10.5 Å². The molecule has 0 aliphatic rings. The molecule has 0 saturated carbocycles. The van der Waals surface area contributed by atoms with Crippen LogP contribution in [-0.4, -0.2) is 18.2 Å². The Morgan fingerprint density at radius 2 is 2.22 bits per heavy atom. The predicted octanol–water partition coefficient (Wildman–Crippen LogP) is 4.05. The topological polar surface area (TPSA) is 63.8 Å². The fraction of sp³-hybridized carbons (Fsp3) is 0.176. The number of thiophene rings is 1. The lowest BCUT2D eigenvalue weighted by Crippen LogP contribution is -2.17. The van der Waals surface area contributed by atoms with Crippen molar-refractivity contribution in [1.82, 2.24) is 5.43 Å². The summed E-state index contributed by atoms with van der Waals surface area (Å²) in [6, 6.07) is 11.2. The lowest BCUT2D eigenvalue weighted by atomic mass is 10.2. The fourth-order valence-electron chi connectivity index (χ4n) is 2.14. The van der Waals surface area contributed by atoms with Crippen molar-refractivity contribution >= 4 is 33.9 Å². The Morgan fingerprint density at radius 1 is 1.35 bits per heavy atom. The minimum atomic E-state index is -0.231. The van der Waals surface area contributed by atoms with E-state index in [-0.39, 0.29) is 5.91 Å². The molecule has 0 saturated heterocycles. The lowest BCUT2D eigenvalue weighted by molar-refractivity contribution is 0.0959.